The van der Waals surface area contributed by atoms with Gasteiger partial charge in [0.1, 0.15) is 36.6 Å². The molecule has 2 rings (SSSR count). The minimum Gasteiger partial charge on any atom is -0.461 e. The van der Waals surface area contributed by atoms with E-state index in [0.29, 0.717) is 23.6 Å². The van der Waals surface area contributed by atoms with Crippen molar-refractivity contribution in [2.45, 2.75) is 96.9 Å². The van der Waals surface area contributed by atoms with Crippen molar-refractivity contribution >= 4 is 6.29 Å². The summed E-state index contributed by atoms with van der Waals surface area (Å²) in [6.07, 6.45) is 13.8. The molecule has 0 aliphatic heterocycles. The highest BCUT2D eigenvalue weighted by molar-refractivity contribution is 5.70. The molecule has 0 saturated heterocycles. The van der Waals surface area contributed by atoms with Crippen molar-refractivity contribution in [3.8, 4) is 0 Å². The number of aliphatic hydroxyl groups is 3. The van der Waals surface area contributed by atoms with E-state index in [1.807, 2.05) is 0 Å². The van der Waals surface area contributed by atoms with Crippen LogP contribution in [-0.2, 0) is 13.2 Å². The largest absolute Gasteiger partial charge is 0.461 e. The minimum atomic E-state index is -0.528. The van der Waals surface area contributed by atoms with Crippen LogP contribution in [-0.4, -0.2) is 21.6 Å². The van der Waals surface area contributed by atoms with E-state index in [1.165, 1.54) is 63.9 Å². The van der Waals surface area contributed by atoms with E-state index >= 15 is 0 Å². The lowest BCUT2D eigenvalue weighted by atomic mass is 10.0. The molecule has 0 aliphatic carbocycles. The molecule has 30 heavy (non-hydrogen) atoms. The standard InChI is InChI=1S/C18H32O3.C6H6O3/c1-2-3-4-5-6-7-8-9-10-11-12-17(20)18-14-13-16(15-19)21-18;7-3-5-1-2-6(4-8)9-5/h13-14,17,19-20H,2-12,15H2,1H3;1-3,8H,4H2. The Hall–Kier alpha value is -1.89. The summed E-state index contributed by atoms with van der Waals surface area (Å²) in [7, 11) is 0. The first-order valence-electron chi connectivity index (χ1n) is 11.2. The molecule has 2 aromatic heterocycles. The molecule has 0 radical (unpaired) electrons. The number of aldehydes is 1. The van der Waals surface area contributed by atoms with E-state index in [0.717, 1.165) is 12.8 Å². The van der Waals surface area contributed by atoms with E-state index < -0.39 is 6.10 Å². The Bertz CT molecular complexity index is 660. The lowest BCUT2D eigenvalue weighted by Gasteiger charge is -2.07. The Kier molecular flexibility index (Phi) is 14.7. The molecular weight excluding hydrogens is 384 g/mol. The zero-order valence-electron chi connectivity index (χ0n) is 18.2. The van der Waals surface area contributed by atoms with Crippen molar-refractivity contribution in [1.82, 2.24) is 0 Å². The van der Waals surface area contributed by atoms with Crippen LogP contribution >= 0.6 is 0 Å². The van der Waals surface area contributed by atoms with Crippen LogP contribution < -0.4 is 0 Å². The number of aliphatic hydroxyl groups excluding tert-OH is 3. The van der Waals surface area contributed by atoms with Gasteiger partial charge in [-0.15, -0.1) is 0 Å². The van der Waals surface area contributed by atoms with Crippen LogP contribution in [0.5, 0.6) is 0 Å². The SMILES string of the molecule is CCCCCCCCCCCCC(O)c1ccc(CO)o1.O=Cc1ccc(CO)o1. The second kappa shape index (κ2) is 16.9. The van der Waals surface area contributed by atoms with Crippen molar-refractivity contribution in [2.24, 2.45) is 0 Å². The van der Waals surface area contributed by atoms with Gasteiger partial charge in [0, 0.05) is 0 Å². The lowest BCUT2D eigenvalue weighted by molar-refractivity contribution is 0.109. The van der Waals surface area contributed by atoms with E-state index in [1.54, 1.807) is 18.2 Å². The zero-order chi connectivity index (χ0) is 22.0. The Morgan fingerprint density at radius 2 is 1.33 bits per heavy atom. The molecule has 0 fully saturated rings. The van der Waals surface area contributed by atoms with Crippen LogP contribution in [0.1, 0.15) is 111 Å². The average molecular weight is 423 g/mol. The number of hydrogen-bond acceptors (Lipinski definition) is 6. The average Bonchev–Trinajstić information content (AvgIpc) is 3.44. The van der Waals surface area contributed by atoms with Crippen molar-refractivity contribution in [2.75, 3.05) is 0 Å². The quantitative estimate of drug-likeness (QED) is 0.251. The number of furan rings is 2. The molecule has 6 heteroatoms. The van der Waals surface area contributed by atoms with Crippen LogP contribution in [0.4, 0.5) is 0 Å². The third kappa shape index (κ3) is 11.3. The highest BCUT2D eigenvalue weighted by Crippen LogP contribution is 2.22. The summed E-state index contributed by atoms with van der Waals surface area (Å²) in [5.41, 5.74) is 0. The third-order valence-corrected chi connectivity index (χ3v) is 4.95. The van der Waals surface area contributed by atoms with Crippen molar-refractivity contribution in [3.05, 3.63) is 47.3 Å². The van der Waals surface area contributed by atoms with Crippen LogP contribution in [0.25, 0.3) is 0 Å². The summed E-state index contributed by atoms with van der Waals surface area (Å²) in [5, 5.41) is 27.3. The predicted octanol–water partition coefficient (Wildman–Crippen LogP) is 5.70. The van der Waals surface area contributed by atoms with Crippen LogP contribution in [0.3, 0.4) is 0 Å². The Balaban J connectivity index is 0.000000414. The van der Waals surface area contributed by atoms with Gasteiger partial charge in [-0.05, 0) is 30.7 Å². The fourth-order valence-corrected chi connectivity index (χ4v) is 3.17. The maximum absolute atomic E-state index is 9.98. The topological polar surface area (TPSA) is 104 Å². The molecule has 3 N–H and O–H groups in total. The zero-order valence-corrected chi connectivity index (χ0v) is 18.2. The Labute approximate surface area is 179 Å². The van der Waals surface area contributed by atoms with Crippen molar-refractivity contribution in [3.63, 3.8) is 0 Å². The molecule has 6 nitrogen and oxygen atoms in total. The summed E-state index contributed by atoms with van der Waals surface area (Å²) >= 11 is 0. The van der Waals surface area contributed by atoms with Crippen LogP contribution in [0, 0.1) is 0 Å². The second-order valence-electron chi connectivity index (χ2n) is 7.53. The number of carbonyl (C=O) groups is 1. The summed E-state index contributed by atoms with van der Waals surface area (Å²) in [4.78, 5) is 9.96. The normalized spacial score (nSPS) is 11.7. The molecule has 1 atom stereocenters. The highest BCUT2D eigenvalue weighted by Gasteiger charge is 2.11. The fourth-order valence-electron chi connectivity index (χ4n) is 3.17. The number of rotatable bonds is 15. The molecule has 2 aromatic rings. The van der Waals surface area contributed by atoms with Gasteiger partial charge >= 0.3 is 0 Å². The molecule has 0 aliphatic rings. The first kappa shape index (κ1) is 26.1. The van der Waals surface area contributed by atoms with Gasteiger partial charge < -0.3 is 24.2 Å². The van der Waals surface area contributed by atoms with Gasteiger partial charge in [0.05, 0.1) is 0 Å². The number of unbranched alkanes of at least 4 members (excludes halogenated alkanes) is 9. The van der Waals surface area contributed by atoms with Crippen LogP contribution in [0.15, 0.2) is 33.1 Å². The molecule has 0 saturated carbocycles. The van der Waals surface area contributed by atoms with Gasteiger partial charge in [0.15, 0.2) is 12.0 Å². The molecular formula is C24H38O6. The molecule has 0 amide bonds. The smallest absolute Gasteiger partial charge is 0.185 e. The van der Waals surface area contributed by atoms with Gasteiger partial charge in [0.2, 0.25) is 0 Å². The Morgan fingerprint density at radius 3 is 1.80 bits per heavy atom. The molecule has 1 unspecified atom stereocenters. The van der Waals surface area contributed by atoms with Gasteiger partial charge in [-0.1, -0.05) is 71.1 Å². The fraction of sp³-hybridized carbons (Fsp3) is 0.625. The van der Waals surface area contributed by atoms with E-state index in [4.69, 9.17) is 19.0 Å². The predicted molar refractivity (Wildman–Crippen MR) is 116 cm³/mol. The molecule has 170 valence electrons. The van der Waals surface area contributed by atoms with Gasteiger partial charge in [-0.25, -0.2) is 0 Å². The number of carbonyl (C=O) groups excluding carboxylic acids is 1. The van der Waals surface area contributed by atoms with E-state index in [9.17, 15) is 9.90 Å². The number of hydrogen-bond donors (Lipinski definition) is 3. The highest BCUT2D eigenvalue weighted by atomic mass is 16.4. The minimum absolute atomic E-state index is 0.106. The third-order valence-electron chi connectivity index (χ3n) is 4.95. The van der Waals surface area contributed by atoms with E-state index in [2.05, 4.69) is 6.92 Å². The summed E-state index contributed by atoms with van der Waals surface area (Å²) in [6, 6.07) is 6.55. The maximum atomic E-state index is 9.98. The van der Waals surface area contributed by atoms with Gasteiger partial charge in [-0.2, -0.15) is 0 Å². The first-order chi connectivity index (χ1) is 14.6. The second-order valence-corrected chi connectivity index (χ2v) is 7.53. The van der Waals surface area contributed by atoms with Gasteiger partial charge in [-0.3, -0.25) is 4.79 Å². The molecule has 0 aromatic carbocycles. The van der Waals surface area contributed by atoms with Gasteiger partial charge in [0.25, 0.3) is 0 Å². The Morgan fingerprint density at radius 1 is 0.800 bits per heavy atom. The first-order valence-corrected chi connectivity index (χ1v) is 11.2. The van der Waals surface area contributed by atoms with Crippen molar-refractivity contribution < 1.29 is 28.9 Å². The molecule has 2 heterocycles. The maximum Gasteiger partial charge on any atom is 0.185 e. The van der Waals surface area contributed by atoms with Crippen LogP contribution in [0.2, 0.25) is 0 Å². The lowest BCUT2D eigenvalue weighted by Crippen LogP contribution is -1.95. The summed E-state index contributed by atoms with van der Waals surface area (Å²) in [6.45, 7) is 1.99. The molecule has 0 spiro atoms. The van der Waals surface area contributed by atoms with E-state index in [-0.39, 0.29) is 19.0 Å². The van der Waals surface area contributed by atoms with Crippen molar-refractivity contribution in [1.29, 1.82) is 0 Å². The molecule has 0 bridgehead atoms. The summed E-state index contributed by atoms with van der Waals surface area (Å²) in [5.74, 6) is 1.76. The summed E-state index contributed by atoms with van der Waals surface area (Å²) < 4.78 is 10.1. The monoisotopic (exact) mass is 422 g/mol.